The quantitative estimate of drug-likeness (QED) is 0.393. The van der Waals surface area contributed by atoms with E-state index in [0.29, 0.717) is 26.8 Å². The number of halogens is 2. The molecular formula is C8H8Cl2N2S2. The van der Waals surface area contributed by atoms with Crippen molar-refractivity contribution in [2.75, 3.05) is 12.0 Å². The zero-order valence-corrected chi connectivity index (χ0v) is 10.6. The van der Waals surface area contributed by atoms with E-state index in [1.165, 1.54) is 11.8 Å². The van der Waals surface area contributed by atoms with Gasteiger partial charge >= 0.3 is 0 Å². The third-order valence-corrected chi connectivity index (χ3v) is 2.74. The maximum Gasteiger partial charge on any atom is 0.190 e. The molecule has 0 atom stereocenters. The fourth-order valence-corrected chi connectivity index (χ4v) is 1.88. The van der Waals surface area contributed by atoms with Crippen molar-refractivity contribution >= 4 is 53.7 Å². The zero-order valence-electron chi connectivity index (χ0n) is 7.37. The van der Waals surface area contributed by atoms with Gasteiger partial charge in [0.25, 0.3) is 0 Å². The van der Waals surface area contributed by atoms with Crippen LogP contribution in [0.15, 0.2) is 11.2 Å². The van der Waals surface area contributed by atoms with Crippen LogP contribution in [0.25, 0.3) is 6.08 Å². The third kappa shape index (κ3) is 3.05. The van der Waals surface area contributed by atoms with Crippen molar-refractivity contribution in [1.29, 1.82) is 0 Å². The number of hydrogen-bond acceptors (Lipinski definition) is 4. The second-order valence-electron chi connectivity index (χ2n) is 2.29. The van der Waals surface area contributed by atoms with Crippen LogP contribution in [0.1, 0.15) is 5.56 Å². The Morgan fingerprint density at radius 2 is 1.93 bits per heavy atom. The molecule has 0 spiro atoms. The molecule has 0 unspecified atom stereocenters. The minimum Gasteiger partial charge on any atom is -0.210 e. The minimum absolute atomic E-state index is 0.368. The van der Waals surface area contributed by atoms with Gasteiger partial charge < -0.3 is 0 Å². The van der Waals surface area contributed by atoms with E-state index < -0.39 is 0 Å². The van der Waals surface area contributed by atoms with Gasteiger partial charge in [0.15, 0.2) is 5.16 Å². The van der Waals surface area contributed by atoms with E-state index in [9.17, 15) is 0 Å². The molecule has 1 aromatic heterocycles. The monoisotopic (exact) mass is 266 g/mol. The van der Waals surface area contributed by atoms with Gasteiger partial charge in [0, 0.05) is 11.3 Å². The van der Waals surface area contributed by atoms with Gasteiger partial charge in [0.1, 0.15) is 10.3 Å². The Balaban J connectivity index is 3.11. The van der Waals surface area contributed by atoms with E-state index in [2.05, 4.69) is 22.6 Å². The van der Waals surface area contributed by atoms with Crippen molar-refractivity contribution in [1.82, 2.24) is 9.97 Å². The van der Waals surface area contributed by atoms with Gasteiger partial charge in [-0.3, -0.25) is 0 Å². The Morgan fingerprint density at radius 1 is 1.36 bits per heavy atom. The molecule has 1 rings (SSSR count). The summed E-state index contributed by atoms with van der Waals surface area (Å²) in [6, 6.07) is 0. The fraction of sp³-hybridized carbons (Fsp3) is 0.250. The molecule has 2 nitrogen and oxygen atoms in total. The lowest BCUT2D eigenvalue weighted by atomic mass is 10.3. The van der Waals surface area contributed by atoms with Crippen LogP contribution in [0, 0.1) is 0 Å². The van der Waals surface area contributed by atoms with Gasteiger partial charge in [-0.1, -0.05) is 47.1 Å². The average molecular weight is 267 g/mol. The van der Waals surface area contributed by atoms with Crippen molar-refractivity contribution in [3.8, 4) is 0 Å². The Morgan fingerprint density at radius 3 is 2.36 bits per heavy atom. The Kier molecular flexibility index (Phi) is 5.09. The summed E-state index contributed by atoms with van der Waals surface area (Å²) in [5.74, 6) is 0.622. The number of thiol groups is 1. The topological polar surface area (TPSA) is 25.8 Å². The van der Waals surface area contributed by atoms with Crippen molar-refractivity contribution < 1.29 is 0 Å². The summed E-state index contributed by atoms with van der Waals surface area (Å²) in [6.45, 7) is 0. The molecule has 0 aliphatic carbocycles. The summed E-state index contributed by atoms with van der Waals surface area (Å²) in [5, 5.41) is 1.31. The number of rotatable bonds is 3. The van der Waals surface area contributed by atoms with Gasteiger partial charge in [-0.15, -0.1) is 0 Å². The molecule has 1 aromatic rings. The lowest BCUT2D eigenvalue weighted by Gasteiger charge is -2.02. The lowest BCUT2D eigenvalue weighted by Crippen LogP contribution is -1.91. The highest BCUT2D eigenvalue weighted by molar-refractivity contribution is 7.98. The molecule has 0 aromatic carbocycles. The van der Waals surface area contributed by atoms with Gasteiger partial charge in [-0.2, -0.15) is 12.6 Å². The third-order valence-electron chi connectivity index (χ3n) is 1.40. The Hall–Kier alpha value is 0.1000. The van der Waals surface area contributed by atoms with Crippen molar-refractivity contribution in [3.05, 3.63) is 21.9 Å². The number of hydrogen-bond donors (Lipinski definition) is 1. The van der Waals surface area contributed by atoms with Crippen LogP contribution in [0.3, 0.4) is 0 Å². The standard InChI is InChI=1S/C8H8Cl2N2S2/c1-14-8-11-6(9)5(3-2-4-13)7(10)12-8/h2-3,13H,4H2,1H3. The first kappa shape index (κ1) is 12.2. The van der Waals surface area contributed by atoms with Crippen LogP contribution in [0.2, 0.25) is 10.3 Å². The van der Waals surface area contributed by atoms with Crippen LogP contribution in [0.4, 0.5) is 0 Å². The summed E-state index contributed by atoms with van der Waals surface area (Å²) >= 11 is 17.3. The van der Waals surface area contributed by atoms with Gasteiger partial charge in [-0.05, 0) is 6.26 Å². The molecule has 0 fully saturated rings. The number of thioether (sulfide) groups is 1. The van der Waals surface area contributed by atoms with Crippen LogP contribution < -0.4 is 0 Å². The Labute approximate surface area is 103 Å². The summed E-state index contributed by atoms with van der Waals surface area (Å²) in [5.41, 5.74) is 0.639. The molecule has 0 aliphatic rings. The van der Waals surface area contributed by atoms with Crippen LogP contribution >= 0.6 is 47.6 Å². The fourth-order valence-electron chi connectivity index (χ4n) is 0.798. The van der Waals surface area contributed by atoms with Gasteiger partial charge in [0.2, 0.25) is 0 Å². The van der Waals surface area contributed by atoms with E-state index in [0.717, 1.165) is 0 Å². The van der Waals surface area contributed by atoms with Crippen LogP contribution in [-0.4, -0.2) is 22.0 Å². The largest absolute Gasteiger partial charge is 0.210 e. The average Bonchev–Trinajstić information content (AvgIpc) is 2.16. The second kappa shape index (κ2) is 5.85. The van der Waals surface area contributed by atoms with Crippen molar-refractivity contribution in [3.63, 3.8) is 0 Å². The summed E-state index contributed by atoms with van der Waals surface area (Å²) in [7, 11) is 0. The van der Waals surface area contributed by atoms with Gasteiger partial charge in [0.05, 0.1) is 0 Å². The smallest absolute Gasteiger partial charge is 0.190 e. The maximum absolute atomic E-state index is 5.92. The van der Waals surface area contributed by atoms with E-state index >= 15 is 0 Å². The predicted molar refractivity (Wildman–Crippen MR) is 66.7 cm³/mol. The summed E-state index contributed by atoms with van der Waals surface area (Å²) in [4.78, 5) is 8.12. The molecule has 14 heavy (non-hydrogen) atoms. The molecule has 0 radical (unpaired) electrons. The van der Waals surface area contributed by atoms with Crippen molar-refractivity contribution in [2.24, 2.45) is 0 Å². The van der Waals surface area contributed by atoms with Crippen LogP contribution in [0.5, 0.6) is 0 Å². The highest BCUT2D eigenvalue weighted by Gasteiger charge is 2.07. The molecule has 0 aliphatic heterocycles. The van der Waals surface area contributed by atoms with Crippen LogP contribution in [-0.2, 0) is 0 Å². The molecular weight excluding hydrogens is 259 g/mol. The number of aromatic nitrogens is 2. The molecule has 1 heterocycles. The van der Waals surface area contributed by atoms with Gasteiger partial charge in [-0.25, -0.2) is 9.97 Å². The van der Waals surface area contributed by atoms with E-state index in [1.807, 2.05) is 12.3 Å². The molecule has 0 saturated heterocycles. The van der Waals surface area contributed by atoms with E-state index in [4.69, 9.17) is 23.2 Å². The SMILES string of the molecule is CSc1nc(Cl)c(C=CCS)c(Cl)n1. The summed E-state index contributed by atoms with van der Waals surface area (Å²) < 4.78 is 0. The Bertz CT molecular complexity index is 332. The van der Waals surface area contributed by atoms with E-state index in [1.54, 1.807) is 6.08 Å². The molecule has 0 N–H and O–H groups in total. The molecule has 76 valence electrons. The second-order valence-corrected chi connectivity index (χ2v) is 4.15. The molecule has 6 heteroatoms. The summed E-state index contributed by atoms with van der Waals surface area (Å²) in [6.07, 6.45) is 5.46. The first-order valence-electron chi connectivity index (χ1n) is 3.73. The highest BCUT2D eigenvalue weighted by atomic mass is 35.5. The maximum atomic E-state index is 5.92. The molecule has 0 amide bonds. The predicted octanol–water partition coefficient (Wildman–Crippen LogP) is 3.45. The number of nitrogens with zero attached hydrogens (tertiary/aromatic N) is 2. The molecule has 0 saturated carbocycles. The minimum atomic E-state index is 0.368. The first-order valence-corrected chi connectivity index (χ1v) is 6.34. The van der Waals surface area contributed by atoms with Crippen molar-refractivity contribution in [2.45, 2.75) is 5.16 Å². The zero-order chi connectivity index (χ0) is 10.6. The first-order chi connectivity index (χ1) is 6.69. The molecule has 0 bridgehead atoms. The van der Waals surface area contributed by atoms with E-state index in [-0.39, 0.29) is 0 Å². The normalized spacial score (nSPS) is 11.1. The lowest BCUT2D eigenvalue weighted by molar-refractivity contribution is 0.967. The highest BCUT2D eigenvalue weighted by Crippen LogP contribution is 2.25.